The van der Waals surface area contributed by atoms with Gasteiger partial charge in [0.2, 0.25) is 0 Å². The van der Waals surface area contributed by atoms with E-state index in [9.17, 15) is 26.3 Å². The number of hydrogen-bond donors (Lipinski definition) is 2. The first-order valence-corrected chi connectivity index (χ1v) is 7.76. The van der Waals surface area contributed by atoms with Crippen LogP contribution in [0.15, 0.2) is 48.5 Å². The van der Waals surface area contributed by atoms with Crippen LogP contribution in [0.4, 0.5) is 26.3 Å². The van der Waals surface area contributed by atoms with Gasteiger partial charge in [-0.1, -0.05) is 24.3 Å². The van der Waals surface area contributed by atoms with Gasteiger partial charge in [-0.15, -0.1) is 0 Å². The Morgan fingerprint density at radius 1 is 0.654 bits per heavy atom. The SMILES string of the molecule is CNC(c1cccc(C(F)(F)F)c1)[C@@H](NC)c1cccc(C(F)(F)F)c1. The summed E-state index contributed by atoms with van der Waals surface area (Å²) in [5.74, 6) is 0. The summed E-state index contributed by atoms with van der Waals surface area (Å²) in [5.41, 5.74) is -0.985. The normalized spacial score (nSPS) is 14.9. The molecule has 0 fully saturated rings. The smallest absolute Gasteiger partial charge is 0.311 e. The largest absolute Gasteiger partial charge is 0.416 e. The quantitative estimate of drug-likeness (QED) is 0.722. The molecule has 0 radical (unpaired) electrons. The molecule has 2 nitrogen and oxygen atoms in total. The van der Waals surface area contributed by atoms with Crippen molar-refractivity contribution in [1.29, 1.82) is 0 Å². The predicted octanol–water partition coefficient (Wildman–Crippen LogP) is 4.95. The van der Waals surface area contributed by atoms with E-state index in [0.717, 1.165) is 24.3 Å². The molecule has 2 atom stereocenters. The van der Waals surface area contributed by atoms with Crippen LogP contribution < -0.4 is 10.6 Å². The lowest BCUT2D eigenvalue weighted by atomic mass is 9.91. The average Bonchev–Trinajstić information content (AvgIpc) is 2.58. The standard InChI is InChI=1S/C18H18F6N2/c1-25-15(11-5-3-7-13(9-11)17(19,20)21)16(26-2)12-6-4-8-14(10-12)18(22,23)24/h3-10,15-16,25-26H,1-2H3/t15-,16?/m0/s1. The molecule has 2 N–H and O–H groups in total. The molecule has 0 saturated heterocycles. The molecule has 2 aromatic carbocycles. The Bertz CT molecular complexity index is 675. The maximum absolute atomic E-state index is 13.0. The number of likely N-dealkylation sites (N-methyl/N-ethyl adjacent to an activating group) is 2. The third-order valence-corrected chi connectivity index (χ3v) is 4.10. The molecule has 8 heteroatoms. The van der Waals surface area contributed by atoms with E-state index in [1.54, 1.807) is 14.1 Å². The molecule has 0 aliphatic carbocycles. The van der Waals surface area contributed by atoms with Crippen LogP contribution in [0.25, 0.3) is 0 Å². The molecule has 0 bridgehead atoms. The van der Waals surface area contributed by atoms with Crippen molar-refractivity contribution in [3.63, 3.8) is 0 Å². The maximum atomic E-state index is 13.0. The van der Waals surface area contributed by atoms with Gasteiger partial charge in [-0.25, -0.2) is 0 Å². The summed E-state index contributed by atoms with van der Waals surface area (Å²) in [4.78, 5) is 0. The summed E-state index contributed by atoms with van der Waals surface area (Å²) in [7, 11) is 3.09. The van der Waals surface area contributed by atoms with Crippen LogP contribution in [0, 0.1) is 0 Å². The number of nitrogens with one attached hydrogen (secondary N) is 2. The summed E-state index contributed by atoms with van der Waals surface area (Å²) in [6.45, 7) is 0. The first-order chi connectivity index (χ1) is 12.1. The van der Waals surface area contributed by atoms with Gasteiger partial charge in [0.15, 0.2) is 0 Å². The minimum absolute atomic E-state index is 0.319. The molecule has 0 heterocycles. The summed E-state index contributed by atoms with van der Waals surface area (Å²) >= 11 is 0. The first kappa shape index (κ1) is 20.3. The molecule has 0 aromatic heterocycles. The van der Waals surface area contributed by atoms with Crippen LogP contribution in [0.1, 0.15) is 34.3 Å². The van der Waals surface area contributed by atoms with Gasteiger partial charge in [-0.3, -0.25) is 0 Å². The van der Waals surface area contributed by atoms with Gasteiger partial charge in [0, 0.05) is 0 Å². The van der Waals surface area contributed by atoms with Gasteiger partial charge in [-0.2, -0.15) is 26.3 Å². The highest BCUT2D eigenvalue weighted by Gasteiger charge is 2.33. The van der Waals surface area contributed by atoms with Crippen molar-refractivity contribution >= 4 is 0 Å². The molecule has 2 rings (SSSR count). The molecule has 26 heavy (non-hydrogen) atoms. The lowest BCUT2D eigenvalue weighted by Crippen LogP contribution is -2.32. The fourth-order valence-electron chi connectivity index (χ4n) is 2.87. The minimum Gasteiger partial charge on any atom is -0.311 e. The summed E-state index contributed by atoms with van der Waals surface area (Å²) in [6.07, 6.45) is -9.00. The fourth-order valence-corrected chi connectivity index (χ4v) is 2.87. The van der Waals surface area contributed by atoms with E-state index in [4.69, 9.17) is 0 Å². The maximum Gasteiger partial charge on any atom is 0.416 e. The lowest BCUT2D eigenvalue weighted by molar-refractivity contribution is -0.138. The highest BCUT2D eigenvalue weighted by Crippen LogP contribution is 2.36. The molecule has 142 valence electrons. The third-order valence-electron chi connectivity index (χ3n) is 4.10. The van der Waals surface area contributed by atoms with E-state index in [0.29, 0.717) is 11.1 Å². The van der Waals surface area contributed by atoms with Crippen LogP contribution in [-0.4, -0.2) is 14.1 Å². The van der Waals surface area contributed by atoms with Crippen molar-refractivity contribution in [3.8, 4) is 0 Å². The molecule has 0 saturated carbocycles. The highest BCUT2D eigenvalue weighted by atomic mass is 19.4. The Morgan fingerprint density at radius 2 is 1.00 bits per heavy atom. The van der Waals surface area contributed by atoms with Gasteiger partial charge in [0.1, 0.15) is 0 Å². The highest BCUT2D eigenvalue weighted by molar-refractivity contribution is 5.34. The number of hydrogen-bond acceptors (Lipinski definition) is 2. The van der Waals surface area contributed by atoms with Gasteiger partial charge < -0.3 is 10.6 Å². The second kappa shape index (κ2) is 7.67. The second-order valence-electron chi connectivity index (χ2n) is 5.78. The van der Waals surface area contributed by atoms with Crippen molar-refractivity contribution in [2.24, 2.45) is 0 Å². The predicted molar refractivity (Wildman–Crippen MR) is 86.5 cm³/mol. The van der Waals surface area contributed by atoms with Gasteiger partial charge in [-0.05, 0) is 49.5 Å². The van der Waals surface area contributed by atoms with Crippen LogP contribution >= 0.6 is 0 Å². The van der Waals surface area contributed by atoms with Gasteiger partial charge >= 0.3 is 12.4 Å². The lowest BCUT2D eigenvalue weighted by Gasteiger charge is -2.28. The summed E-state index contributed by atoms with van der Waals surface area (Å²) in [5, 5.41) is 5.79. The number of benzene rings is 2. The van der Waals surface area contributed by atoms with Crippen LogP contribution in [0.3, 0.4) is 0 Å². The Labute approximate surface area is 147 Å². The fraction of sp³-hybridized carbons (Fsp3) is 0.333. The number of alkyl halides is 6. The van der Waals surface area contributed by atoms with Crippen molar-refractivity contribution in [1.82, 2.24) is 10.6 Å². The second-order valence-corrected chi connectivity index (χ2v) is 5.78. The van der Waals surface area contributed by atoms with Gasteiger partial charge in [0.05, 0.1) is 23.2 Å². The number of halogens is 6. The first-order valence-electron chi connectivity index (χ1n) is 7.76. The Hall–Kier alpha value is -2.06. The van der Waals surface area contributed by atoms with Crippen LogP contribution in [0.5, 0.6) is 0 Å². The van der Waals surface area contributed by atoms with E-state index in [1.165, 1.54) is 24.3 Å². The molecule has 0 aliphatic heterocycles. The zero-order chi connectivity index (χ0) is 19.5. The molecule has 0 aliphatic rings. The Kier molecular flexibility index (Phi) is 5.98. The van der Waals surface area contributed by atoms with Crippen LogP contribution in [0.2, 0.25) is 0 Å². The zero-order valence-corrected chi connectivity index (χ0v) is 14.0. The van der Waals surface area contributed by atoms with E-state index in [2.05, 4.69) is 10.6 Å². The molecule has 2 aromatic rings. The summed E-state index contributed by atoms with van der Waals surface area (Å²) in [6, 6.07) is 8.16. The van der Waals surface area contributed by atoms with Crippen molar-refractivity contribution in [3.05, 3.63) is 70.8 Å². The third kappa shape index (κ3) is 4.56. The topological polar surface area (TPSA) is 24.1 Å². The average molecular weight is 376 g/mol. The monoisotopic (exact) mass is 376 g/mol. The zero-order valence-electron chi connectivity index (χ0n) is 14.0. The Balaban J connectivity index is 2.45. The molecule has 0 spiro atoms. The van der Waals surface area contributed by atoms with Crippen molar-refractivity contribution in [2.75, 3.05) is 14.1 Å². The van der Waals surface area contributed by atoms with E-state index >= 15 is 0 Å². The van der Waals surface area contributed by atoms with E-state index < -0.39 is 35.6 Å². The molecular formula is C18H18F6N2. The number of rotatable bonds is 5. The van der Waals surface area contributed by atoms with E-state index in [1.807, 2.05) is 0 Å². The van der Waals surface area contributed by atoms with Crippen molar-refractivity contribution in [2.45, 2.75) is 24.4 Å². The van der Waals surface area contributed by atoms with Gasteiger partial charge in [0.25, 0.3) is 0 Å². The van der Waals surface area contributed by atoms with Crippen molar-refractivity contribution < 1.29 is 26.3 Å². The summed E-state index contributed by atoms with van der Waals surface area (Å²) < 4.78 is 77.8. The minimum atomic E-state index is -4.50. The Morgan fingerprint density at radius 3 is 1.27 bits per heavy atom. The molecular weight excluding hydrogens is 358 g/mol. The van der Waals surface area contributed by atoms with E-state index in [-0.39, 0.29) is 0 Å². The molecule has 1 unspecified atom stereocenters. The molecule has 0 amide bonds. The van der Waals surface area contributed by atoms with Crippen LogP contribution in [-0.2, 0) is 12.4 Å².